The number of nitriles is 2. The number of fused-ring (bicyclic) bond motifs is 1. The molecule has 0 heterocycles. The van der Waals surface area contributed by atoms with E-state index in [1.807, 2.05) is 12.1 Å². The van der Waals surface area contributed by atoms with Crippen molar-refractivity contribution in [2.45, 2.75) is 89.0 Å². The fraction of sp³-hybridized carbons (Fsp3) is 0.533. The van der Waals surface area contributed by atoms with Crippen molar-refractivity contribution in [3.8, 4) is 12.1 Å². The molecule has 6 atom stereocenters. The van der Waals surface area contributed by atoms with Crippen molar-refractivity contribution in [2.75, 3.05) is 0 Å². The van der Waals surface area contributed by atoms with Gasteiger partial charge in [-0.15, -0.1) is 0 Å². The summed E-state index contributed by atoms with van der Waals surface area (Å²) >= 11 is 0. The SMILES string of the molecule is C[C@]12[C@H](c3ccccc3)C[C@](C#N)(O[Si](C)(C)C)[C@]1(C)[C@H](c1ccccc1)C[C@]2(C#N)O[Si](C)(C)C. The molecule has 0 aromatic heterocycles. The molecular formula is C30H40N2O2Si2. The van der Waals surface area contributed by atoms with Gasteiger partial charge in [-0.1, -0.05) is 74.5 Å². The minimum absolute atomic E-state index is 0.0654. The third kappa shape index (κ3) is 3.82. The largest absolute Gasteiger partial charge is 0.399 e. The molecule has 190 valence electrons. The van der Waals surface area contributed by atoms with Crippen molar-refractivity contribution < 1.29 is 8.85 Å². The topological polar surface area (TPSA) is 66.0 Å². The standard InChI is InChI=1S/C30H40N2O2Si2/c1-27-25(23-15-11-9-12-16-23)19-30(22-32,34-36(6,7)8)28(27,2)26(24-17-13-10-14-18-24)20-29(27,21-31)33-35(3,4)5/h9-18,25-26H,19-20H2,1-8H3/t25-,26-,27-,28+,29+,30+/m0/s1. The maximum absolute atomic E-state index is 11.0. The van der Waals surface area contributed by atoms with E-state index in [2.05, 4.69) is 114 Å². The summed E-state index contributed by atoms with van der Waals surface area (Å²) < 4.78 is 14.0. The average Bonchev–Trinajstić information content (AvgIpc) is 3.14. The maximum Gasteiger partial charge on any atom is 0.185 e. The summed E-state index contributed by atoms with van der Waals surface area (Å²) in [6.45, 7) is 17.4. The van der Waals surface area contributed by atoms with Gasteiger partial charge in [0, 0.05) is 10.8 Å². The molecule has 0 N–H and O–H groups in total. The zero-order valence-corrected chi connectivity index (χ0v) is 25.1. The van der Waals surface area contributed by atoms with Crippen molar-refractivity contribution in [3.05, 3.63) is 71.8 Å². The van der Waals surface area contributed by atoms with Crippen molar-refractivity contribution in [1.82, 2.24) is 0 Å². The Morgan fingerprint density at radius 3 is 1.19 bits per heavy atom. The van der Waals surface area contributed by atoms with Crippen LogP contribution >= 0.6 is 0 Å². The van der Waals surface area contributed by atoms with E-state index < -0.39 is 38.7 Å². The number of hydrogen-bond donors (Lipinski definition) is 0. The van der Waals surface area contributed by atoms with Crippen LogP contribution in [0.2, 0.25) is 39.3 Å². The van der Waals surface area contributed by atoms with Crippen molar-refractivity contribution in [3.63, 3.8) is 0 Å². The molecule has 2 saturated carbocycles. The predicted molar refractivity (Wildman–Crippen MR) is 149 cm³/mol. The third-order valence-electron chi connectivity index (χ3n) is 8.86. The minimum atomic E-state index is -2.16. The molecule has 0 radical (unpaired) electrons. The van der Waals surface area contributed by atoms with Crippen LogP contribution < -0.4 is 0 Å². The van der Waals surface area contributed by atoms with E-state index in [9.17, 15) is 10.5 Å². The van der Waals surface area contributed by atoms with E-state index in [0.29, 0.717) is 12.8 Å². The molecule has 0 bridgehead atoms. The molecule has 4 rings (SSSR count). The molecule has 0 aliphatic heterocycles. The first kappa shape index (κ1) is 26.8. The first-order chi connectivity index (χ1) is 16.7. The normalized spacial score (nSPS) is 36.2. The first-order valence-corrected chi connectivity index (χ1v) is 19.8. The molecule has 2 aromatic rings. The molecule has 2 fully saturated rings. The fourth-order valence-electron chi connectivity index (χ4n) is 7.52. The van der Waals surface area contributed by atoms with E-state index in [0.717, 1.165) is 11.1 Å². The van der Waals surface area contributed by atoms with Crippen molar-refractivity contribution in [2.24, 2.45) is 10.8 Å². The van der Waals surface area contributed by atoms with Crippen LogP contribution in [0.3, 0.4) is 0 Å². The van der Waals surface area contributed by atoms with Crippen LogP contribution in [0.5, 0.6) is 0 Å². The maximum atomic E-state index is 11.0. The highest BCUT2D eigenvalue weighted by Crippen LogP contribution is 2.80. The number of rotatable bonds is 6. The van der Waals surface area contributed by atoms with Gasteiger partial charge < -0.3 is 8.85 Å². The predicted octanol–water partition coefficient (Wildman–Crippen LogP) is 7.60. The van der Waals surface area contributed by atoms with Crippen LogP contribution in [0.15, 0.2) is 60.7 Å². The Kier molecular flexibility index (Phi) is 6.46. The summed E-state index contributed by atoms with van der Waals surface area (Å²) in [7, 11) is -4.31. The highest BCUT2D eigenvalue weighted by Gasteiger charge is 2.82. The van der Waals surface area contributed by atoms with E-state index in [1.165, 1.54) is 0 Å². The van der Waals surface area contributed by atoms with Gasteiger partial charge in [-0.25, -0.2) is 0 Å². The summed E-state index contributed by atoms with van der Waals surface area (Å²) in [5, 5.41) is 22.1. The average molecular weight is 517 g/mol. The molecule has 4 nitrogen and oxygen atoms in total. The second-order valence-electron chi connectivity index (χ2n) is 13.0. The Hall–Kier alpha value is -2.23. The lowest BCUT2D eigenvalue weighted by molar-refractivity contribution is -0.0810. The van der Waals surface area contributed by atoms with Crippen LogP contribution in [0.4, 0.5) is 0 Å². The molecule has 36 heavy (non-hydrogen) atoms. The lowest BCUT2D eigenvalue weighted by Crippen LogP contribution is -2.59. The van der Waals surface area contributed by atoms with Crippen LogP contribution in [0.25, 0.3) is 0 Å². The highest BCUT2D eigenvalue weighted by atomic mass is 28.4. The van der Waals surface area contributed by atoms with Crippen molar-refractivity contribution >= 4 is 16.6 Å². The van der Waals surface area contributed by atoms with Gasteiger partial charge in [0.2, 0.25) is 0 Å². The van der Waals surface area contributed by atoms with Crippen molar-refractivity contribution in [1.29, 1.82) is 10.5 Å². The molecule has 0 amide bonds. The number of hydrogen-bond acceptors (Lipinski definition) is 4. The van der Waals surface area contributed by atoms with Gasteiger partial charge in [0.1, 0.15) is 0 Å². The molecule has 0 spiro atoms. The smallest absolute Gasteiger partial charge is 0.185 e. The Morgan fingerprint density at radius 1 is 0.639 bits per heavy atom. The second kappa shape index (κ2) is 8.67. The van der Waals surface area contributed by atoms with Gasteiger partial charge in [-0.05, 0) is 75.1 Å². The molecule has 2 aromatic carbocycles. The van der Waals surface area contributed by atoms with E-state index in [4.69, 9.17) is 8.85 Å². The monoisotopic (exact) mass is 516 g/mol. The molecular weight excluding hydrogens is 477 g/mol. The zero-order chi connectivity index (χ0) is 26.6. The minimum Gasteiger partial charge on any atom is -0.399 e. The lowest BCUT2D eigenvalue weighted by atomic mass is 9.55. The van der Waals surface area contributed by atoms with Crippen LogP contribution in [-0.4, -0.2) is 27.8 Å². The van der Waals surface area contributed by atoms with E-state index in [-0.39, 0.29) is 11.8 Å². The van der Waals surface area contributed by atoms with Gasteiger partial charge in [-0.2, -0.15) is 10.5 Å². The molecule has 2 aliphatic carbocycles. The van der Waals surface area contributed by atoms with Gasteiger partial charge in [0.05, 0.1) is 12.1 Å². The second-order valence-corrected chi connectivity index (χ2v) is 21.9. The molecule has 6 heteroatoms. The first-order valence-electron chi connectivity index (χ1n) is 13.0. The van der Waals surface area contributed by atoms with Crippen LogP contribution in [0.1, 0.15) is 49.7 Å². The molecule has 2 aliphatic rings. The summed E-state index contributed by atoms with van der Waals surface area (Å²) in [6.07, 6.45) is 1.10. The number of benzene rings is 2. The van der Waals surface area contributed by atoms with Gasteiger partial charge in [-0.3, -0.25) is 0 Å². The molecule has 0 unspecified atom stereocenters. The van der Waals surface area contributed by atoms with Gasteiger partial charge >= 0.3 is 0 Å². The lowest BCUT2D eigenvalue weighted by Gasteiger charge is -2.52. The highest BCUT2D eigenvalue weighted by molar-refractivity contribution is 6.70. The van der Waals surface area contributed by atoms with Gasteiger partial charge in [0.15, 0.2) is 27.8 Å². The third-order valence-corrected chi connectivity index (χ3v) is 10.8. The Balaban J connectivity index is 2.10. The fourth-order valence-corrected chi connectivity index (χ4v) is 10.3. The summed E-state index contributed by atoms with van der Waals surface area (Å²) in [4.78, 5) is 0. The quantitative estimate of drug-likeness (QED) is 0.371. The van der Waals surface area contributed by atoms with E-state index >= 15 is 0 Å². The number of nitrogens with zero attached hydrogens (tertiary/aromatic N) is 2. The van der Waals surface area contributed by atoms with Crippen LogP contribution in [0, 0.1) is 33.5 Å². The Bertz CT molecular complexity index is 1100. The Labute approximate surface area is 219 Å². The van der Waals surface area contributed by atoms with Gasteiger partial charge in [0.25, 0.3) is 0 Å². The van der Waals surface area contributed by atoms with E-state index in [1.54, 1.807) is 0 Å². The zero-order valence-electron chi connectivity index (χ0n) is 23.1. The summed E-state index contributed by atoms with van der Waals surface area (Å²) in [5.41, 5.74) is -1.12. The summed E-state index contributed by atoms with van der Waals surface area (Å²) in [6, 6.07) is 26.3. The summed E-state index contributed by atoms with van der Waals surface area (Å²) in [5.74, 6) is -0.131. The van der Waals surface area contributed by atoms with Crippen LogP contribution in [-0.2, 0) is 8.85 Å². The Morgan fingerprint density at radius 2 is 0.944 bits per heavy atom. The molecule has 0 saturated heterocycles.